The molecule has 3 atom stereocenters. The van der Waals surface area contributed by atoms with Crippen LogP contribution in [0.15, 0.2) is 29.3 Å². The molecule has 18 heteroatoms. The third kappa shape index (κ3) is 14.3. The number of guanidine groups is 1. The lowest BCUT2D eigenvalue weighted by atomic mass is 10.1. The van der Waals surface area contributed by atoms with Gasteiger partial charge in [0.05, 0.1) is 6.54 Å². The number of aliphatic imine (C=N–C) groups is 1. The van der Waals surface area contributed by atoms with Crippen molar-refractivity contribution in [3.05, 3.63) is 29.8 Å². The van der Waals surface area contributed by atoms with Gasteiger partial charge in [0.15, 0.2) is 5.96 Å². The van der Waals surface area contributed by atoms with Gasteiger partial charge in [-0.3, -0.25) is 38.6 Å². The number of nitrogens with two attached hydrogens (primary N) is 3. The molecular weight excluding hydrogens is 626 g/mol. The molecule has 2 bridgehead atoms. The first-order chi connectivity index (χ1) is 21.3. The van der Waals surface area contributed by atoms with Gasteiger partial charge in [-0.25, -0.2) is 0 Å². The van der Waals surface area contributed by atoms with E-state index in [0.717, 1.165) is 0 Å². The lowest BCUT2D eigenvalue weighted by Gasteiger charge is -2.20. The second-order valence-corrected chi connectivity index (χ2v) is 12.6. The number of fused-ring (bicyclic) bond motifs is 2. The number of Topliss-reactive ketones (excluding diaryl/α,β-unsaturated/α-hetero) is 1. The molecule has 1 aromatic rings. The van der Waals surface area contributed by atoms with Gasteiger partial charge in [0, 0.05) is 42.1 Å². The van der Waals surface area contributed by atoms with E-state index >= 15 is 0 Å². The summed E-state index contributed by atoms with van der Waals surface area (Å²) >= 11 is 0. The minimum Gasteiger partial charge on any atom is -0.370 e. The first kappa shape index (κ1) is 36.9. The molecule has 0 radical (unpaired) electrons. The summed E-state index contributed by atoms with van der Waals surface area (Å²) in [6.45, 7) is 1.06. The van der Waals surface area contributed by atoms with Crippen LogP contribution >= 0.6 is 21.6 Å². The molecule has 6 amide bonds. The number of carbonyl (C=O) groups excluding carboxylic acids is 7. The number of amides is 6. The Bertz CT molecular complexity index is 1290. The van der Waals surface area contributed by atoms with Crippen molar-refractivity contribution in [3.63, 3.8) is 0 Å². The summed E-state index contributed by atoms with van der Waals surface area (Å²) in [5.41, 5.74) is 16.5. The number of hydrogen-bond donors (Lipinski definition) is 8. The molecule has 1 aliphatic heterocycles. The van der Waals surface area contributed by atoms with Crippen LogP contribution in [0.5, 0.6) is 0 Å². The fourth-order valence-corrected chi connectivity index (χ4v) is 6.12. The van der Waals surface area contributed by atoms with Crippen molar-refractivity contribution in [3.8, 4) is 0 Å². The number of carbonyl (C=O) groups is 7. The van der Waals surface area contributed by atoms with Gasteiger partial charge in [-0.1, -0.05) is 27.7 Å². The number of hydrogen-bond acceptors (Lipinski definition) is 10. The number of anilines is 1. The second kappa shape index (κ2) is 19.1. The highest BCUT2D eigenvalue weighted by Gasteiger charge is 2.26. The zero-order chi connectivity index (χ0) is 33.4. The molecule has 0 aromatic heterocycles. The third-order valence-corrected chi connectivity index (χ3v) is 8.60. The molecule has 1 heterocycles. The van der Waals surface area contributed by atoms with E-state index < -0.39 is 60.1 Å². The van der Waals surface area contributed by atoms with Gasteiger partial charge in [-0.05, 0) is 44.4 Å². The fraction of sp³-hybridized carbons (Fsp3) is 0.481. The molecule has 1 unspecified atom stereocenters. The van der Waals surface area contributed by atoms with E-state index in [4.69, 9.17) is 17.2 Å². The minimum atomic E-state index is -1.29. The number of unbranched alkanes of at least 4 members (excludes halogenated alkanes) is 1. The van der Waals surface area contributed by atoms with Crippen molar-refractivity contribution in [1.29, 1.82) is 0 Å². The van der Waals surface area contributed by atoms with Gasteiger partial charge < -0.3 is 43.8 Å². The molecule has 1 aliphatic rings. The number of rotatable bonds is 8. The molecule has 246 valence electrons. The average Bonchev–Trinajstić information content (AvgIpc) is 2.97. The number of benzene rings is 1. The van der Waals surface area contributed by atoms with Crippen LogP contribution in [0.25, 0.3) is 0 Å². The van der Waals surface area contributed by atoms with Gasteiger partial charge >= 0.3 is 0 Å². The van der Waals surface area contributed by atoms with Crippen LogP contribution in [-0.2, 0) is 28.8 Å². The number of nitrogens with one attached hydrogen (secondary N) is 5. The van der Waals surface area contributed by atoms with Gasteiger partial charge in [0.1, 0.15) is 23.9 Å². The van der Waals surface area contributed by atoms with Crippen LogP contribution < -0.4 is 43.8 Å². The Morgan fingerprint density at radius 1 is 0.933 bits per heavy atom. The Hall–Kier alpha value is -4.32. The van der Waals surface area contributed by atoms with E-state index in [0.29, 0.717) is 25.1 Å². The van der Waals surface area contributed by atoms with E-state index in [1.807, 2.05) is 0 Å². The van der Waals surface area contributed by atoms with Crippen LogP contribution in [0.1, 0.15) is 49.4 Å². The quantitative estimate of drug-likeness (QED) is 0.0685. The summed E-state index contributed by atoms with van der Waals surface area (Å²) in [6, 6.07) is 2.55. The normalized spacial score (nSPS) is 20.9. The maximum absolute atomic E-state index is 13.0. The summed E-state index contributed by atoms with van der Waals surface area (Å²) in [5, 5.41) is 12.7. The van der Waals surface area contributed by atoms with Crippen LogP contribution in [-0.4, -0.2) is 89.9 Å². The molecule has 0 saturated heterocycles. The summed E-state index contributed by atoms with van der Waals surface area (Å²) < 4.78 is 0. The van der Waals surface area contributed by atoms with Gasteiger partial charge in [0.25, 0.3) is 5.91 Å². The van der Waals surface area contributed by atoms with Gasteiger partial charge in [-0.2, -0.15) is 0 Å². The van der Waals surface area contributed by atoms with Crippen molar-refractivity contribution >= 4 is 74.5 Å². The van der Waals surface area contributed by atoms with Crippen LogP contribution in [0.4, 0.5) is 5.69 Å². The van der Waals surface area contributed by atoms with E-state index in [9.17, 15) is 33.6 Å². The first-order valence-electron chi connectivity index (χ1n) is 14.0. The molecular formula is C27H39N9O7S2. The third-order valence-electron chi connectivity index (χ3n) is 6.19. The molecule has 11 N–H and O–H groups in total. The van der Waals surface area contributed by atoms with Gasteiger partial charge in [-0.15, -0.1) is 0 Å². The van der Waals surface area contributed by atoms with Crippen molar-refractivity contribution in [2.75, 3.05) is 29.9 Å². The van der Waals surface area contributed by atoms with Crippen LogP contribution in [0.3, 0.4) is 0 Å². The van der Waals surface area contributed by atoms with Crippen molar-refractivity contribution < 1.29 is 33.6 Å². The maximum atomic E-state index is 13.0. The number of ketones is 1. The van der Waals surface area contributed by atoms with Crippen LogP contribution in [0.2, 0.25) is 0 Å². The molecule has 16 nitrogen and oxygen atoms in total. The maximum Gasteiger partial charge on any atom is 0.252 e. The molecule has 1 aromatic carbocycles. The smallest absolute Gasteiger partial charge is 0.252 e. The molecule has 0 spiro atoms. The monoisotopic (exact) mass is 665 g/mol. The van der Waals surface area contributed by atoms with Crippen molar-refractivity contribution in [2.24, 2.45) is 22.2 Å². The topological polar surface area (TPSA) is 270 Å². The van der Waals surface area contributed by atoms with Crippen molar-refractivity contribution in [2.45, 2.75) is 57.2 Å². The minimum absolute atomic E-state index is 0.0398. The second-order valence-electron chi connectivity index (χ2n) is 10.0. The molecule has 2 rings (SSSR count). The Kier molecular flexibility index (Phi) is 15.7. The predicted octanol–water partition coefficient (Wildman–Crippen LogP) is -1.50. The highest BCUT2D eigenvalue weighted by molar-refractivity contribution is 8.76. The van der Waals surface area contributed by atoms with Gasteiger partial charge in [0.2, 0.25) is 29.5 Å². The average molecular weight is 666 g/mol. The number of nitrogens with zero attached hydrogens (tertiary/aromatic N) is 1. The zero-order valence-electron chi connectivity index (χ0n) is 24.8. The van der Waals surface area contributed by atoms with E-state index in [2.05, 4.69) is 31.6 Å². The summed E-state index contributed by atoms with van der Waals surface area (Å²) in [7, 11) is 2.51. The summed E-state index contributed by atoms with van der Waals surface area (Å²) in [4.78, 5) is 92.0. The molecule has 0 fully saturated rings. The molecule has 45 heavy (non-hydrogen) atoms. The summed E-state index contributed by atoms with van der Waals surface area (Å²) in [5.74, 6) is -3.89. The Morgan fingerprint density at radius 2 is 1.67 bits per heavy atom. The Labute approximate surface area is 268 Å². The van der Waals surface area contributed by atoms with Crippen LogP contribution in [0, 0.1) is 0 Å². The van der Waals surface area contributed by atoms with E-state index in [1.165, 1.54) is 52.8 Å². The highest BCUT2D eigenvalue weighted by atomic mass is 33.1. The highest BCUT2D eigenvalue weighted by Crippen LogP contribution is 2.23. The largest absolute Gasteiger partial charge is 0.370 e. The van der Waals surface area contributed by atoms with E-state index in [-0.39, 0.29) is 48.0 Å². The van der Waals surface area contributed by atoms with E-state index in [1.54, 1.807) is 0 Å². The predicted molar refractivity (Wildman–Crippen MR) is 172 cm³/mol. The summed E-state index contributed by atoms with van der Waals surface area (Å²) in [6.07, 6.45) is 0.949. The molecule has 0 saturated carbocycles. The lowest BCUT2D eigenvalue weighted by Crippen LogP contribution is -2.51. The van der Waals surface area contributed by atoms with Crippen molar-refractivity contribution in [1.82, 2.24) is 21.3 Å². The lowest BCUT2D eigenvalue weighted by molar-refractivity contribution is -0.131. The SMILES string of the molecule is CC(=O)C[C@@H]1NC(=O)CNC(=O)[C@H](CCCCN=C(N)N)NC(=O)CCSSCC(C(N)=O)NC(=O)c2cccc(c2)NC1=O. The Balaban J connectivity index is 2.26. The zero-order valence-corrected chi connectivity index (χ0v) is 26.4. The fourth-order valence-electron chi connectivity index (χ4n) is 3.95. The molecule has 0 aliphatic carbocycles. The number of primary amides is 1. The Morgan fingerprint density at radius 3 is 2.36 bits per heavy atom. The standard InChI is InChI=1S/C27H39N9O7S2/c1-15(37)11-19-26(43)33-17-6-4-5-16(12-17)24(41)36-20(23(28)40)14-45-44-10-8-21(38)34-18(7-2-3-9-31-27(29)30)25(42)32-13-22(39)35-19/h4-6,12,18-20H,2-3,7-11,13-14H2,1H3,(H2,28,40)(H,32,42)(H,33,43)(H,34,38)(H,35,39)(H,36,41)(H4,29,30,31)/t18-,19-,20?/m0/s1. The first-order valence-corrected chi connectivity index (χ1v) is 16.5.